The molecule has 1 fully saturated rings. The minimum absolute atomic E-state index is 0.232. The molecule has 2 N–H and O–H groups in total. The average molecular weight is 277 g/mol. The summed E-state index contributed by atoms with van der Waals surface area (Å²) in [5.41, 5.74) is 0.893. The second-order valence-electron chi connectivity index (χ2n) is 5.95. The van der Waals surface area contributed by atoms with Gasteiger partial charge in [-0.05, 0) is 38.7 Å². The second-order valence-corrected chi connectivity index (χ2v) is 5.95. The molecule has 0 unspecified atom stereocenters. The number of nitrogens with one attached hydrogen (secondary N) is 1. The van der Waals surface area contributed by atoms with Crippen LogP contribution in [0.3, 0.4) is 0 Å². The van der Waals surface area contributed by atoms with Gasteiger partial charge in [-0.15, -0.1) is 0 Å². The molecule has 1 aromatic carbocycles. The maximum Gasteiger partial charge on any atom is 0.495 e. The lowest BCUT2D eigenvalue weighted by Gasteiger charge is -2.32. The number of carbonyl (C=O) groups is 1. The number of carboxylic acid groups (broad SMARTS) is 1. The lowest BCUT2D eigenvalue weighted by molar-refractivity contribution is 0.00578. The maximum absolute atomic E-state index is 10.6. The molecule has 0 atom stereocenters. The Hall–Kier alpha value is -1.53. The molecule has 0 radical (unpaired) electrons. The average Bonchev–Trinajstić information content (AvgIpc) is 2.56. The molecule has 1 aromatic rings. The molecule has 6 heteroatoms. The monoisotopic (exact) mass is 277 g/mol. The largest absolute Gasteiger partial charge is 0.495 e. The van der Waals surface area contributed by atoms with Gasteiger partial charge in [0.2, 0.25) is 0 Å². The van der Waals surface area contributed by atoms with E-state index >= 15 is 0 Å². The van der Waals surface area contributed by atoms with Gasteiger partial charge < -0.3 is 19.7 Å². The summed E-state index contributed by atoms with van der Waals surface area (Å²) in [6.45, 7) is 8.20. The number of hydrogen-bond donors (Lipinski definition) is 2. The van der Waals surface area contributed by atoms with E-state index in [1.165, 1.54) is 0 Å². The number of rotatable bonds is 3. The summed E-state index contributed by atoms with van der Waals surface area (Å²) in [5, 5.41) is 11.1. The molecule has 0 aromatic heterocycles. The lowest BCUT2D eigenvalue weighted by atomic mass is 9.76. The normalized spacial score (nSPS) is 19.9. The highest BCUT2D eigenvalue weighted by Gasteiger charge is 2.52. The topological polar surface area (TPSA) is 67.8 Å². The molecular formula is C14H20BNO4. The van der Waals surface area contributed by atoms with Gasteiger partial charge in [0.25, 0.3) is 0 Å². The Morgan fingerprint density at radius 1 is 1.20 bits per heavy atom. The third kappa shape index (κ3) is 2.81. The molecule has 108 valence electrons. The molecule has 20 heavy (non-hydrogen) atoms. The van der Waals surface area contributed by atoms with Gasteiger partial charge in [0.1, 0.15) is 0 Å². The van der Waals surface area contributed by atoms with E-state index in [0.29, 0.717) is 0 Å². The molecule has 1 aliphatic heterocycles. The van der Waals surface area contributed by atoms with Crippen LogP contribution in [0.25, 0.3) is 0 Å². The van der Waals surface area contributed by atoms with Crippen molar-refractivity contribution in [3.05, 3.63) is 29.8 Å². The number of benzene rings is 1. The first-order valence-electron chi connectivity index (χ1n) is 6.63. The summed E-state index contributed by atoms with van der Waals surface area (Å²) < 4.78 is 12.0. The Balaban J connectivity index is 2.24. The molecule has 5 nitrogen and oxygen atoms in total. The van der Waals surface area contributed by atoms with Crippen molar-refractivity contribution in [3.63, 3.8) is 0 Å². The molecule has 0 spiro atoms. The summed E-state index contributed by atoms with van der Waals surface area (Å²) in [6, 6.07) is 7.54. The van der Waals surface area contributed by atoms with Gasteiger partial charge in [0, 0.05) is 6.54 Å². The molecule has 1 saturated heterocycles. The van der Waals surface area contributed by atoms with Crippen LogP contribution in [0.2, 0.25) is 0 Å². The number of amides is 1. The van der Waals surface area contributed by atoms with E-state index in [2.05, 4.69) is 5.32 Å². The van der Waals surface area contributed by atoms with E-state index in [9.17, 15) is 4.79 Å². The Kier molecular flexibility index (Phi) is 3.80. The predicted molar refractivity (Wildman–Crippen MR) is 77.0 cm³/mol. The van der Waals surface area contributed by atoms with Crippen molar-refractivity contribution in [1.29, 1.82) is 0 Å². The van der Waals surface area contributed by atoms with Crippen LogP contribution in [0.1, 0.15) is 33.3 Å². The quantitative estimate of drug-likeness (QED) is 0.826. The summed E-state index contributed by atoms with van der Waals surface area (Å²) in [7, 11) is -0.480. The highest BCUT2D eigenvalue weighted by Crippen LogP contribution is 2.36. The van der Waals surface area contributed by atoms with Gasteiger partial charge in [0.15, 0.2) is 0 Å². The first-order chi connectivity index (χ1) is 9.23. The summed E-state index contributed by atoms with van der Waals surface area (Å²) in [5.74, 6) is 0. The van der Waals surface area contributed by atoms with E-state index < -0.39 is 24.4 Å². The van der Waals surface area contributed by atoms with Gasteiger partial charge >= 0.3 is 13.2 Å². The Morgan fingerprint density at radius 3 is 2.30 bits per heavy atom. The van der Waals surface area contributed by atoms with Crippen molar-refractivity contribution in [2.45, 2.75) is 45.4 Å². The van der Waals surface area contributed by atoms with Gasteiger partial charge in [-0.3, -0.25) is 0 Å². The zero-order valence-corrected chi connectivity index (χ0v) is 12.3. The van der Waals surface area contributed by atoms with Gasteiger partial charge in [-0.1, -0.05) is 24.3 Å². The zero-order valence-electron chi connectivity index (χ0n) is 12.3. The van der Waals surface area contributed by atoms with Crippen molar-refractivity contribution < 1.29 is 19.2 Å². The van der Waals surface area contributed by atoms with Gasteiger partial charge in [0.05, 0.1) is 11.2 Å². The molecule has 1 aliphatic rings. The van der Waals surface area contributed by atoms with E-state index in [0.717, 1.165) is 11.0 Å². The Morgan fingerprint density at radius 2 is 1.75 bits per heavy atom. The lowest BCUT2D eigenvalue weighted by Crippen LogP contribution is -2.41. The Labute approximate surface area is 119 Å². The molecule has 0 bridgehead atoms. The molecular weight excluding hydrogens is 257 g/mol. The van der Waals surface area contributed by atoms with Crippen LogP contribution in [0.4, 0.5) is 4.79 Å². The number of hydrogen-bond acceptors (Lipinski definition) is 3. The fourth-order valence-electron chi connectivity index (χ4n) is 2.07. The minimum atomic E-state index is -1.05. The minimum Gasteiger partial charge on any atom is -0.465 e. The molecule has 2 rings (SSSR count). The van der Waals surface area contributed by atoms with Crippen molar-refractivity contribution in [2.75, 3.05) is 0 Å². The van der Waals surface area contributed by atoms with Crippen LogP contribution < -0.4 is 10.8 Å². The predicted octanol–water partition coefficient (Wildman–Crippen LogP) is 1.75. The van der Waals surface area contributed by atoms with Crippen molar-refractivity contribution in [1.82, 2.24) is 5.32 Å². The maximum atomic E-state index is 10.6. The third-order valence-corrected chi connectivity index (χ3v) is 3.99. The highest BCUT2D eigenvalue weighted by molar-refractivity contribution is 6.62. The van der Waals surface area contributed by atoms with Crippen LogP contribution in [0.5, 0.6) is 0 Å². The SMILES string of the molecule is CC1(C)OB(c2ccccc2CNC(=O)O)OC1(C)C. The fourth-order valence-corrected chi connectivity index (χ4v) is 2.07. The summed E-state index contributed by atoms with van der Waals surface area (Å²) in [4.78, 5) is 10.6. The summed E-state index contributed by atoms with van der Waals surface area (Å²) in [6.07, 6.45) is -1.05. The van der Waals surface area contributed by atoms with Crippen LogP contribution in [0, 0.1) is 0 Å². The van der Waals surface area contributed by atoms with E-state index in [-0.39, 0.29) is 6.54 Å². The first-order valence-corrected chi connectivity index (χ1v) is 6.63. The smallest absolute Gasteiger partial charge is 0.465 e. The van der Waals surface area contributed by atoms with E-state index in [4.69, 9.17) is 14.4 Å². The standard InChI is InChI=1S/C14H20BNO4/c1-13(2)14(3,4)20-15(19-13)11-8-6-5-7-10(11)9-16-12(17)18/h5-8,16H,9H2,1-4H3,(H,17,18). The van der Waals surface area contributed by atoms with E-state index in [1.54, 1.807) is 0 Å². The van der Waals surface area contributed by atoms with E-state index in [1.807, 2.05) is 52.0 Å². The van der Waals surface area contributed by atoms with Crippen LogP contribution in [0.15, 0.2) is 24.3 Å². The Bertz CT molecular complexity index is 500. The van der Waals surface area contributed by atoms with Crippen molar-refractivity contribution in [3.8, 4) is 0 Å². The molecule has 0 saturated carbocycles. The highest BCUT2D eigenvalue weighted by atomic mass is 16.7. The van der Waals surface area contributed by atoms with Crippen molar-refractivity contribution in [2.24, 2.45) is 0 Å². The van der Waals surface area contributed by atoms with Gasteiger partial charge in [-0.25, -0.2) is 4.79 Å². The third-order valence-electron chi connectivity index (χ3n) is 3.99. The molecule has 0 aliphatic carbocycles. The van der Waals surface area contributed by atoms with Crippen molar-refractivity contribution >= 4 is 18.7 Å². The van der Waals surface area contributed by atoms with Crippen LogP contribution >= 0.6 is 0 Å². The van der Waals surface area contributed by atoms with Crippen LogP contribution in [-0.2, 0) is 15.9 Å². The van der Waals surface area contributed by atoms with Crippen LogP contribution in [-0.4, -0.2) is 29.5 Å². The molecule has 1 heterocycles. The first kappa shape index (κ1) is 14.9. The summed E-state index contributed by atoms with van der Waals surface area (Å²) >= 11 is 0. The van der Waals surface area contributed by atoms with Gasteiger partial charge in [-0.2, -0.15) is 0 Å². The fraction of sp³-hybridized carbons (Fsp3) is 0.500. The zero-order chi connectivity index (χ0) is 15.0. The molecule has 1 amide bonds. The second kappa shape index (κ2) is 5.11.